The number of carbonyl (C=O) groups is 1. The first-order chi connectivity index (χ1) is 10.3. The molecule has 22 heavy (non-hydrogen) atoms. The summed E-state index contributed by atoms with van der Waals surface area (Å²) in [6, 6.07) is 3.38. The number of anilines is 2. The fraction of sp³-hybridized carbons (Fsp3) is 0.400. The van der Waals surface area contributed by atoms with Gasteiger partial charge in [-0.2, -0.15) is 0 Å². The molecule has 2 N–H and O–H groups in total. The van der Waals surface area contributed by atoms with Crippen molar-refractivity contribution in [2.24, 2.45) is 0 Å². The summed E-state index contributed by atoms with van der Waals surface area (Å²) in [6.45, 7) is 7.44. The molecule has 0 saturated heterocycles. The summed E-state index contributed by atoms with van der Waals surface area (Å²) in [5.41, 5.74) is 6.40. The molecule has 2 aromatic heterocycles. The molecule has 1 aliphatic rings. The van der Waals surface area contributed by atoms with Gasteiger partial charge >= 0.3 is 0 Å². The average Bonchev–Trinajstić information content (AvgIpc) is 2.76. The van der Waals surface area contributed by atoms with Crippen LogP contribution >= 0.6 is 0 Å². The number of aromatic nitrogens is 2. The van der Waals surface area contributed by atoms with Gasteiger partial charge in [0.2, 0.25) is 0 Å². The Bertz CT molecular complexity index is 732. The molecule has 7 nitrogen and oxygen atoms in total. The van der Waals surface area contributed by atoms with Gasteiger partial charge in [0.25, 0.3) is 5.91 Å². The fourth-order valence-corrected chi connectivity index (χ4v) is 2.50. The number of nitrogens with two attached hydrogens (primary N) is 1. The molecule has 1 amide bonds. The van der Waals surface area contributed by atoms with Crippen LogP contribution in [-0.2, 0) is 11.3 Å². The minimum Gasteiger partial charge on any atom is -0.474 e. The molecule has 0 unspecified atom stereocenters. The Balaban J connectivity index is 2.09. The summed E-state index contributed by atoms with van der Waals surface area (Å²) in [5.74, 6) is 1.78. The van der Waals surface area contributed by atoms with Crippen molar-refractivity contribution < 1.29 is 14.1 Å². The maximum atomic E-state index is 12.7. The molecule has 2 aromatic rings. The van der Waals surface area contributed by atoms with Crippen molar-refractivity contribution in [3.05, 3.63) is 29.2 Å². The molecule has 0 atom stereocenters. The molecular formula is C15H18N4O3. The van der Waals surface area contributed by atoms with Gasteiger partial charge in [0.1, 0.15) is 11.6 Å². The number of carbonyl (C=O) groups excluding carboxylic acids is 1. The lowest BCUT2D eigenvalue weighted by Crippen LogP contribution is -2.52. The number of nitrogens with zero attached hydrogens (tertiary/aromatic N) is 3. The zero-order chi connectivity index (χ0) is 16.1. The number of aryl methyl sites for hydroxylation is 2. The topological polar surface area (TPSA) is 94.5 Å². The number of hydrogen-bond donors (Lipinski definition) is 1. The van der Waals surface area contributed by atoms with E-state index in [0.717, 1.165) is 11.3 Å². The Morgan fingerprint density at radius 3 is 2.68 bits per heavy atom. The van der Waals surface area contributed by atoms with Gasteiger partial charge in [-0.3, -0.25) is 9.69 Å². The lowest BCUT2D eigenvalue weighted by atomic mass is 10.0. The first-order valence-electron chi connectivity index (χ1n) is 6.99. The maximum Gasteiger partial charge on any atom is 0.272 e. The zero-order valence-electron chi connectivity index (χ0n) is 13.0. The van der Waals surface area contributed by atoms with Crippen molar-refractivity contribution in [2.45, 2.75) is 39.8 Å². The van der Waals surface area contributed by atoms with Crippen LogP contribution in [0.15, 0.2) is 16.7 Å². The third-order valence-corrected chi connectivity index (χ3v) is 3.74. The third kappa shape index (κ3) is 2.18. The van der Waals surface area contributed by atoms with Crippen LogP contribution in [0.1, 0.15) is 30.9 Å². The van der Waals surface area contributed by atoms with Crippen LogP contribution in [0.5, 0.6) is 5.75 Å². The number of ether oxygens (including phenoxy) is 1. The lowest BCUT2D eigenvalue weighted by Gasteiger charge is -2.37. The van der Waals surface area contributed by atoms with Gasteiger partial charge in [-0.25, -0.2) is 4.98 Å². The second-order valence-corrected chi connectivity index (χ2v) is 5.86. The third-order valence-electron chi connectivity index (χ3n) is 3.74. The van der Waals surface area contributed by atoms with Gasteiger partial charge in [-0.1, -0.05) is 5.16 Å². The minimum absolute atomic E-state index is 0.182. The van der Waals surface area contributed by atoms with Crippen LogP contribution in [-0.4, -0.2) is 21.6 Å². The Hall–Kier alpha value is -2.57. The number of nitrogen functional groups attached to an aromatic ring is 1. The predicted molar refractivity (Wildman–Crippen MR) is 80.5 cm³/mol. The van der Waals surface area contributed by atoms with Gasteiger partial charge < -0.3 is 15.0 Å². The van der Waals surface area contributed by atoms with Crippen molar-refractivity contribution in [3.63, 3.8) is 0 Å². The maximum absolute atomic E-state index is 12.7. The Morgan fingerprint density at radius 2 is 2.05 bits per heavy atom. The van der Waals surface area contributed by atoms with E-state index in [1.165, 1.54) is 0 Å². The first-order valence-corrected chi connectivity index (χ1v) is 6.99. The van der Waals surface area contributed by atoms with E-state index in [9.17, 15) is 4.79 Å². The second-order valence-electron chi connectivity index (χ2n) is 5.86. The molecule has 0 aromatic carbocycles. The van der Waals surface area contributed by atoms with E-state index in [1.54, 1.807) is 30.9 Å². The van der Waals surface area contributed by atoms with Gasteiger partial charge in [0.15, 0.2) is 17.2 Å². The summed E-state index contributed by atoms with van der Waals surface area (Å²) >= 11 is 0. The van der Waals surface area contributed by atoms with Crippen molar-refractivity contribution >= 4 is 17.5 Å². The lowest BCUT2D eigenvalue weighted by molar-refractivity contribution is -0.132. The van der Waals surface area contributed by atoms with E-state index < -0.39 is 5.60 Å². The zero-order valence-corrected chi connectivity index (χ0v) is 13.0. The average molecular weight is 302 g/mol. The molecular weight excluding hydrogens is 284 g/mol. The van der Waals surface area contributed by atoms with E-state index in [-0.39, 0.29) is 5.91 Å². The molecule has 1 aliphatic heterocycles. The molecule has 3 heterocycles. The van der Waals surface area contributed by atoms with E-state index in [2.05, 4.69) is 10.1 Å². The van der Waals surface area contributed by atoms with Gasteiger partial charge in [0.05, 0.1) is 12.2 Å². The first kappa shape index (κ1) is 14.4. The number of rotatable bonds is 2. The smallest absolute Gasteiger partial charge is 0.272 e. The van der Waals surface area contributed by atoms with Crippen molar-refractivity contribution in [1.82, 2.24) is 10.1 Å². The van der Waals surface area contributed by atoms with Gasteiger partial charge in [-0.05, 0) is 39.8 Å². The number of amides is 1. The Kier molecular flexibility index (Phi) is 3.09. The monoisotopic (exact) mass is 302 g/mol. The van der Waals surface area contributed by atoms with Gasteiger partial charge in [-0.15, -0.1) is 0 Å². The molecule has 0 spiro atoms. The highest BCUT2D eigenvalue weighted by Gasteiger charge is 2.42. The van der Waals surface area contributed by atoms with E-state index in [1.807, 2.05) is 13.8 Å². The molecule has 3 rings (SSSR count). The molecule has 116 valence electrons. The van der Waals surface area contributed by atoms with Crippen molar-refractivity contribution in [3.8, 4) is 5.75 Å². The van der Waals surface area contributed by atoms with Crippen molar-refractivity contribution in [1.29, 1.82) is 0 Å². The van der Waals surface area contributed by atoms with E-state index in [0.29, 0.717) is 29.7 Å². The predicted octanol–water partition coefficient (Wildman–Crippen LogP) is 1.97. The van der Waals surface area contributed by atoms with Crippen LogP contribution < -0.4 is 15.4 Å². The van der Waals surface area contributed by atoms with Crippen LogP contribution in [0.4, 0.5) is 11.6 Å². The molecule has 0 aliphatic carbocycles. The number of pyridine rings is 1. The molecule has 7 heteroatoms. The highest BCUT2D eigenvalue weighted by molar-refractivity contribution is 6.01. The van der Waals surface area contributed by atoms with Crippen LogP contribution in [0.3, 0.4) is 0 Å². The molecule has 0 bridgehead atoms. The Labute approximate surface area is 128 Å². The molecule has 0 saturated carbocycles. The standard InChI is InChI=1S/C15H18N4O3/c1-8-10(9(2)22-18-8)7-19-13-11(5-6-12(16)17-13)21-15(3,4)14(19)20/h5-6H,7H2,1-4H3,(H2,16,17). The largest absolute Gasteiger partial charge is 0.474 e. The van der Waals surface area contributed by atoms with E-state index in [4.69, 9.17) is 15.0 Å². The second kappa shape index (κ2) is 4.72. The van der Waals surface area contributed by atoms with Gasteiger partial charge in [0, 0.05) is 5.56 Å². The summed E-state index contributed by atoms with van der Waals surface area (Å²) in [6.07, 6.45) is 0. The Morgan fingerprint density at radius 1 is 1.32 bits per heavy atom. The fourth-order valence-electron chi connectivity index (χ4n) is 2.50. The van der Waals surface area contributed by atoms with Crippen molar-refractivity contribution in [2.75, 3.05) is 10.6 Å². The summed E-state index contributed by atoms with van der Waals surface area (Å²) < 4.78 is 10.9. The normalized spacial score (nSPS) is 16.4. The van der Waals surface area contributed by atoms with Crippen LogP contribution in [0, 0.1) is 13.8 Å². The van der Waals surface area contributed by atoms with E-state index >= 15 is 0 Å². The molecule has 0 fully saturated rings. The number of hydrogen-bond acceptors (Lipinski definition) is 6. The number of fused-ring (bicyclic) bond motifs is 1. The SMILES string of the molecule is Cc1noc(C)c1CN1C(=O)C(C)(C)Oc2ccc(N)nc21. The quantitative estimate of drug-likeness (QED) is 0.911. The minimum atomic E-state index is -0.968. The van der Waals surface area contributed by atoms with Crippen LogP contribution in [0.2, 0.25) is 0 Å². The highest BCUT2D eigenvalue weighted by atomic mass is 16.5. The summed E-state index contributed by atoms with van der Waals surface area (Å²) in [4.78, 5) is 18.6. The summed E-state index contributed by atoms with van der Waals surface area (Å²) in [7, 11) is 0. The summed E-state index contributed by atoms with van der Waals surface area (Å²) in [5, 5.41) is 3.93. The highest BCUT2D eigenvalue weighted by Crippen LogP contribution is 2.38. The molecule has 0 radical (unpaired) electrons. The van der Waals surface area contributed by atoms with Crippen LogP contribution in [0.25, 0.3) is 0 Å².